The highest BCUT2D eigenvalue weighted by Gasteiger charge is 2.39. The van der Waals surface area contributed by atoms with Crippen LogP contribution in [0.1, 0.15) is 38.3 Å². The molecule has 1 saturated heterocycles. The van der Waals surface area contributed by atoms with Crippen molar-refractivity contribution in [3.05, 3.63) is 35.9 Å². The smallest absolute Gasteiger partial charge is 0.222 e. The molecule has 2 unspecified atom stereocenters. The third-order valence-electron chi connectivity index (χ3n) is 3.91. The fourth-order valence-electron chi connectivity index (χ4n) is 2.86. The van der Waals surface area contributed by atoms with Crippen molar-refractivity contribution in [3.8, 4) is 0 Å². The predicted molar refractivity (Wildman–Crippen MR) is 87.4 cm³/mol. The second-order valence-corrected chi connectivity index (χ2v) is 8.50. The highest BCUT2D eigenvalue weighted by atomic mass is 32.2. The Morgan fingerprint density at radius 2 is 1.91 bits per heavy atom. The van der Waals surface area contributed by atoms with Gasteiger partial charge in [0.1, 0.15) is 0 Å². The normalized spacial score (nSPS) is 23.9. The highest BCUT2D eigenvalue weighted by Crippen LogP contribution is 2.24. The van der Waals surface area contributed by atoms with Gasteiger partial charge in [-0.25, -0.2) is 8.42 Å². The van der Waals surface area contributed by atoms with Gasteiger partial charge in [0.15, 0.2) is 9.84 Å². The molecule has 0 saturated carbocycles. The Morgan fingerprint density at radius 1 is 1.26 bits per heavy atom. The monoisotopic (exact) mass is 338 g/mol. The van der Waals surface area contributed by atoms with Gasteiger partial charge < -0.3 is 10.6 Å². The summed E-state index contributed by atoms with van der Waals surface area (Å²) < 4.78 is 23.2. The Hall–Kier alpha value is -1.89. The largest absolute Gasteiger partial charge is 0.350 e. The number of hydrogen-bond acceptors (Lipinski definition) is 4. The first-order chi connectivity index (χ1) is 10.7. The van der Waals surface area contributed by atoms with Crippen molar-refractivity contribution >= 4 is 21.7 Å². The first kappa shape index (κ1) is 17.5. The average Bonchev–Trinajstić information content (AvgIpc) is 2.72. The van der Waals surface area contributed by atoms with Crippen molar-refractivity contribution in [2.75, 3.05) is 11.5 Å². The van der Waals surface area contributed by atoms with E-state index in [4.69, 9.17) is 0 Å². The molecule has 1 aromatic carbocycles. The minimum atomic E-state index is -3.08. The predicted octanol–water partition coefficient (Wildman–Crippen LogP) is 0.947. The molecule has 23 heavy (non-hydrogen) atoms. The van der Waals surface area contributed by atoms with Crippen LogP contribution in [0.4, 0.5) is 0 Å². The molecule has 1 aliphatic heterocycles. The maximum absolute atomic E-state index is 12.3. The number of hydrogen-bond donors (Lipinski definition) is 2. The van der Waals surface area contributed by atoms with Gasteiger partial charge in [-0.15, -0.1) is 0 Å². The first-order valence-corrected chi connectivity index (χ1v) is 9.35. The van der Waals surface area contributed by atoms with Crippen molar-refractivity contribution in [3.63, 3.8) is 0 Å². The summed E-state index contributed by atoms with van der Waals surface area (Å²) in [7, 11) is -3.08. The van der Waals surface area contributed by atoms with E-state index in [0.29, 0.717) is 6.42 Å². The van der Waals surface area contributed by atoms with Crippen LogP contribution < -0.4 is 10.6 Å². The summed E-state index contributed by atoms with van der Waals surface area (Å²) >= 11 is 0. The van der Waals surface area contributed by atoms with Crippen molar-refractivity contribution in [1.29, 1.82) is 0 Å². The Bertz CT molecular complexity index is 687. The maximum atomic E-state index is 12.3. The third kappa shape index (κ3) is 5.06. The van der Waals surface area contributed by atoms with Crippen molar-refractivity contribution in [1.82, 2.24) is 10.6 Å². The maximum Gasteiger partial charge on any atom is 0.222 e. The fraction of sp³-hybridized carbons (Fsp3) is 0.500. The fourth-order valence-corrected chi connectivity index (χ4v) is 4.96. The summed E-state index contributed by atoms with van der Waals surface area (Å²) in [5, 5.41) is 5.58. The molecule has 6 nitrogen and oxygen atoms in total. The Morgan fingerprint density at radius 3 is 2.43 bits per heavy atom. The molecule has 0 aliphatic carbocycles. The van der Waals surface area contributed by atoms with Gasteiger partial charge in [0.2, 0.25) is 11.8 Å². The van der Waals surface area contributed by atoms with Crippen LogP contribution in [-0.2, 0) is 19.4 Å². The molecule has 1 aromatic rings. The molecule has 0 bridgehead atoms. The average molecular weight is 338 g/mol. The lowest BCUT2D eigenvalue weighted by atomic mass is 9.99. The van der Waals surface area contributed by atoms with Gasteiger partial charge in [-0.1, -0.05) is 30.3 Å². The van der Waals surface area contributed by atoms with Crippen LogP contribution >= 0.6 is 0 Å². The zero-order chi connectivity index (χ0) is 17.1. The minimum absolute atomic E-state index is 0.0398. The minimum Gasteiger partial charge on any atom is -0.350 e. The number of carbonyl (C=O) groups is 2. The molecule has 126 valence electrons. The second-order valence-electron chi connectivity index (χ2n) is 6.32. The molecule has 0 aromatic heterocycles. The summed E-state index contributed by atoms with van der Waals surface area (Å²) in [6.45, 7) is 3.14. The van der Waals surface area contributed by atoms with Crippen LogP contribution in [0.3, 0.4) is 0 Å². The standard InChI is InChI=1S/C16H22N2O4S/c1-12(19)17-14(13-6-4-3-5-7-13)10-15(20)18-16(2)8-9-23(21,22)11-16/h3-7,14H,8-11H2,1-2H3,(H,17,19)(H,18,20). The first-order valence-electron chi connectivity index (χ1n) is 7.53. The molecule has 2 atom stereocenters. The van der Waals surface area contributed by atoms with Crippen LogP contribution in [0.25, 0.3) is 0 Å². The zero-order valence-electron chi connectivity index (χ0n) is 13.3. The van der Waals surface area contributed by atoms with Gasteiger partial charge >= 0.3 is 0 Å². The molecule has 0 radical (unpaired) electrons. The Kier molecular flexibility index (Phi) is 5.09. The van der Waals surface area contributed by atoms with E-state index >= 15 is 0 Å². The van der Waals surface area contributed by atoms with Gasteiger partial charge in [-0.2, -0.15) is 0 Å². The van der Waals surface area contributed by atoms with E-state index in [2.05, 4.69) is 10.6 Å². The summed E-state index contributed by atoms with van der Waals surface area (Å²) in [4.78, 5) is 23.7. The van der Waals surface area contributed by atoms with Crippen LogP contribution in [0, 0.1) is 0 Å². The van der Waals surface area contributed by atoms with Crippen molar-refractivity contribution in [2.24, 2.45) is 0 Å². The molecule has 2 amide bonds. The van der Waals surface area contributed by atoms with Gasteiger partial charge in [-0.05, 0) is 18.9 Å². The summed E-state index contributed by atoms with van der Waals surface area (Å²) in [6, 6.07) is 8.79. The van der Waals surface area contributed by atoms with Crippen LogP contribution in [0.2, 0.25) is 0 Å². The molecule has 2 rings (SSSR count). The molecule has 1 heterocycles. The molecule has 2 N–H and O–H groups in total. The van der Waals surface area contributed by atoms with Gasteiger partial charge in [0.05, 0.1) is 29.5 Å². The zero-order valence-corrected chi connectivity index (χ0v) is 14.2. The second kappa shape index (κ2) is 6.70. The van der Waals surface area contributed by atoms with E-state index in [-0.39, 0.29) is 29.7 Å². The molecule has 1 aliphatic rings. The Balaban J connectivity index is 2.05. The van der Waals surface area contributed by atoms with E-state index in [1.165, 1.54) is 6.92 Å². The van der Waals surface area contributed by atoms with E-state index in [1.807, 2.05) is 30.3 Å². The van der Waals surface area contributed by atoms with Crippen LogP contribution in [-0.4, -0.2) is 37.3 Å². The SMILES string of the molecule is CC(=O)NC(CC(=O)NC1(C)CCS(=O)(=O)C1)c1ccccc1. The van der Waals surface area contributed by atoms with Crippen LogP contribution in [0.5, 0.6) is 0 Å². The highest BCUT2D eigenvalue weighted by molar-refractivity contribution is 7.91. The number of carbonyl (C=O) groups excluding carboxylic acids is 2. The quantitative estimate of drug-likeness (QED) is 0.836. The number of nitrogens with one attached hydrogen (secondary N) is 2. The number of rotatable bonds is 5. The number of benzene rings is 1. The Labute approximate surface area is 136 Å². The van der Waals surface area contributed by atoms with Gasteiger partial charge in [-0.3, -0.25) is 9.59 Å². The third-order valence-corrected chi connectivity index (χ3v) is 5.82. The summed E-state index contributed by atoms with van der Waals surface area (Å²) in [5.74, 6) is -0.437. The van der Waals surface area contributed by atoms with Crippen molar-refractivity contribution < 1.29 is 18.0 Å². The van der Waals surface area contributed by atoms with E-state index in [9.17, 15) is 18.0 Å². The lowest BCUT2D eigenvalue weighted by Gasteiger charge is -2.26. The topological polar surface area (TPSA) is 92.3 Å². The molecular formula is C16H22N2O4S. The number of amides is 2. The van der Waals surface area contributed by atoms with E-state index in [0.717, 1.165) is 5.56 Å². The molecule has 7 heteroatoms. The lowest BCUT2D eigenvalue weighted by Crippen LogP contribution is -2.48. The lowest BCUT2D eigenvalue weighted by molar-refractivity contribution is -0.124. The van der Waals surface area contributed by atoms with Crippen molar-refractivity contribution in [2.45, 2.75) is 38.3 Å². The molecular weight excluding hydrogens is 316 g/mol. The molecule has 0 spiro atoms. The van der Waals surface area contributed by atoms with Crippen LogP contribution in [0.15, 0.2) is 30.3 Å². The summed E-state index contributed by atoms with van der Waals surface area (Å²) in [6.07, 6.45) is 0.483. The van der Waals surface area contributed by atoms with E-state index in [1.54, 1.807) is 6.92 Å². The van der Waals surface area contributed by atoms with E-state index < -0.39 is 21.4 Å². The van der Waals surface area contributed by atoms with Gasteiger partial charge in [0, 0.05) is 6.92 Å². The molecule has 1 fully saturated rings. The summed E-state index contributed by atoms with van der Waals surface area (Å²) in [5.41, 5.74) is 0.106. The number of sulfone groups is 1. The van der Waals surface area contributed by atoms with Gasteiger partial charge in [0.25, 0.3) is 0 Å².